The maximum atomic E-state index is 13.0. The van der Waals surface area contributed by atoms with Gasteiger partial charge in [0.25, 0.3) is 5.91 Å². The molecule has 1 atom stereocenters. The van der Waals surface area contributed by atoms with Crippen molar-refractivity contribution in [2.45, 2.75) is 32.1 Å². The van der Waals surface area contributed by atoms with Crippen molar-refractivity contribution in [3.05, 3.63) is 71.7 Å². The molecule has 0 unspecified atom stereocenters. The van der Waals surface area contributed by atoms with E-state index >= 15 is 0 Å². The van der Waals surface area contributed by atoms with Crippen LogP contribution in [-0.4, -0.2) is 46.2 Å². The van der Waals surface area contributed by atoms with Gasteiger partial charge >= 0.3 is 0 Å². The Morgan fingerprint density at radius 1 is 1.17 bits per heavy atom. The van der Waals surface area contributed by atoms with Crippen molar-refractivity contribution < 1.29 is 14.3 Å². The van der Waals surface area contributed by atoms with Gasteiger partial charge in [0, 0.05) is 17.7 Å². The van der Waals surface area contributed by atoms with Crippen molar-refractivity contribution in [2.24, 2.45) is 0 Å². The average molecular weight is 403 g/mol. The molecule has 1 aromatic heterocycles. The summed E-state index contributed by atoms with van der Waals surface area (Å²) in [6.45, 7) is 4.46. The minimum absolute atomic E-state index is 0.0750. The molecule has 0 bridgehead atoms. The summed E-state index contributed by atoms with van der Waals surface area (Å²) in [6, 6.07) is 15.8. The number of ether oxygens (including phenoxy) is 2. The predicted molar refractivity (Wildman–Crippen MR) is 113 cm³/mol. The van der Waals surface area contributed by atoms with Crippen molar-refractivity contribution in [3.63, 3.8) is 0 Å². The molecule has 1 fully saturated rings. The molecule has 1 amide bonds. The van der Waals surface area contributed by atoms with Gasteiger partial charge in [-0.3, -0.25) is 4.79 Å². The van der Waals surface area contributed by atoms with Crippen LogP contribution in [0.4, 0.5) is 0 Å². The zero-order valence-electron chi connectivity index (χ0n) is 17.3. The number of aryl methyl sites for hydroxylation is 1. The number of likely N-dealkylation sites (tertiary alicyclic amines) is 1. The van der Waals surface area contributed by atoms with E-state index in [1.165, 1.54) is 0 Å². The van der Waals surface area contributed by atoms with Crippen LogP contribution in [0.3, 0.4) is 0 Å². The van der Waals surface area contributed by atoms with E-state index in [1.807, 2.05) is 66.6 Å². The predicted octanol–water partition coefficient (Wildman–Crippen LogP) is 3.68. The highest BCUT2D eigenvalue weighted by Gasteiger charge is 2.44. The van der Waals surface area contributed by atoms with Crippen LogP contribution in [0.5, 0.6) is 5.75 Å². The number of benzene rings is 2. The SMILES string of the molecule is COc1ccc(-c2cnc3n2C[C@@]2(CCN(C(=O)c4cccc(C)c4)C2)OC3)cc1. The Hall–Kier alpha value is -3.12. The fraction of sp³-hybridized carbons (Fsp3) is 0.333. The third-order valence-corrected chi connectivity index (χ3v) is 6.15. The number of imidazole rings is 1. The van der Waals surface area contributed by atoms with Crippen molar-refractivity contribution in [1.29, 1.82) is 0 Å². The summed E-state index contributed by atoms with van der Waals surface area (Å²) < 4.78 is 13.8. The van der Waals surface area contributed by atoms with Crippen molar-refractivity contribution in [1.82, 2.24) is 14.5 Å². The van der Waals surface area contributed by atoms with E-state index in [2.05, 4.69) is 9.55 Å². The first kappa shape index (κ1) is 18.9. The van der Waals surface area contributed by atoms with Crippen LogP contribution in [0.2, 0.25) is 0 Å². The van der Waals surface area contributed by atoms with E-state index in [9.17, 15) is 4.79 Å². The van der Waals surface area contributed by atoms with Crippen molar-refractivity contribution in [3.8, 4) is 17.0 Å². The summed E-state index contributed by atoms with van der Waals surface area (Å²) in [5, 5.41) is 0. The number of carbonyl (C=O) groups is 1. The molecule has 0 aliphatic carbocycles. The largest absolute Gasteiger partial charge is 0.497 e. The molecule has 0 radical (unpaired) electrons. The fourth-order valence-corrected chi connectivity index (χ4v) is 4.47. The van der Waals surface area contributed by atoms with Crippen LogP contribution in [0.15, 0.2) is 54.7 Å². The first-order valence-corrected chi connectivity index (χ1v) is 10.3. The molecule has 3 aromatic rings. The summed E-state index contributed by atoms with van der Waals surface area (Å²) in [5.41, 5.74) is 3.63. The molecule has 0 saturated carbocycles. The lowest BCUT2D eigenvalue weighted by atomic mass is 10.0. The maximum Gasteiger partial charge on any atom is 0.253 e. The highest BCUT2D eigenvalue weighted by molar-refractivity contribution is 5.94. The number of fused-ring (bicyclic) bond motifs is 1. The quantitative estimate of drug-likeness (QED) is 0.669. The van der Waals surface area contributed by atoms with Gasteiger partial charge in [0.1, 0.15) is 23.8 Å². The third kappa shape index (κ3) is 3.27. The average Bonchev–Trinajstić information content (AvgIpc) is 3.38. The molecule has 2 aliphatic rings. The first-order chi connectivity index (χ1) is 14.6. The van der Waals surface area contributed by atoms with Crippen LogP contribution in [-0.2, 0) is 17.9 Å². The fourth-order valence-electron chi connectivity index (χ4n) is 4.47. The topological polar surface area (TPSA) is 56.6 Å². The molecule has 1 spiro atoms. The normalized spacial score (nSPS) is 20.4. The molecular weight excluding hydrogens is 378 g/mol. The Bertz CT molecular complexity index is 1090. The van der Waals surface area contributed by atoms with Gasteiger partial charge in [-0.2, -0.15) is 0 Å². The number of rotatable bonds is 3. The number of amides is 1. The van der Waals surface area contributed by atoms with E-state index in [0.717, 1.165) is 40.4 Å². The molecule has 30 heavy (non-hydrogen) atoms. The maximum absolute atomic E-state index is 13.0. The molecule has 3 heterocycles. The standard InChI is InChI=1S/C24H25N3O3/c1-17-4-3-5-19(12-17)23(28)26-11-10-24(15-26)16-27-21(13-25-22(27)14-30-24)18-6-8-20(29-2)9-7-18/h3-9,12-13H,10-11,14-16H2,1-2H3/t24-/m0/s1. The van der Waals surface area contributed by atoms with Crippen LogP contribution < -0.4 is 4.74 Å². The van der Waals surface area contributed by atoms with Gasteiger partial charge in [0.15, 0.2) is 0 Å². The summed E-state index contributed by atoms with van der Waals surface area (Å²) in [6.07, 6.45) is 2.73. The van der Waals surface area contributed by atoms with Gasteiger partial charge in [-0.15, -0.1) is 0 Å². The van der Waals surface area contributed by atoms with Crippen molar-refractivity contribution in [2.75, 3.05) is 20.2 Å². The number of aromatic nitrogens is 2. The molecule has 5 rings (SSSR count). The van der Waals surface area contributed by atoms with E-state index in [0.29, 0.717) is 26.2 Å². The van der Waals surface area contributed by atoms with Gasteiger partial charge < -0.3 is 18.9 Å². The smallest absolute Gasteiger partial charge is 0.253 e. The summed E-state index contributed by atoms with van der Waals surface area (Å²) in [5.74, 6) is 1.83. The Kier molecular flexibility index (Phi) is 4.59. The van der Waals surface area contributed by atoms with E-state index in [-0.39, 0.29) is 11.5 Å². The van der Waals surface area contributed by atoms with E-state index in [4.69, 9.17) is 9.47 Å². The second kappa shape index (κ2) is 7.29. The van der Waals surface area contributed by atoms with Crippen LogP contribution >= 0.6 is 0 Å². The van der Waals surface area contributed by atoms with Gasteiger partial charge in [0.05, 0.1) is 32.1 Å². The molecule has 2 aliphatic heterocycles. The lowest BCUT2D eigenvalue weighted by molar-refractivity contribution is -0.0804. The molecular formula is C24H25N3O3. The zero-order valence-corrected chi connectivity index (χ0v) is 17.3. The lowest BCUT2D eigenvalue weighted by Gasteiger charge is -2.35. The van der Waals surface area contributed by atoms with Gasteiger partial charge in [-0.1, -0.05) is 17.7 Å². The second-order valence-corrected chi connectivity index (χ2v) is 8.19. The van der Waals surface area contributed by atoms with Crippen LogP contribution in [0.25, 0.3) is 11.3 Å². The molecule has 6 heteroatoms. The van der Waals surface area contributed by atoms with E-state index in [1.54, 1.807) is 7.11 Å². The molecule has 0 N–H and O–H groups in total. The summed E-state index contributed by atoms with van der Waals surface area (Å²) in [7, 11) is 1.67. The monoisotopic (exact) mass is 403 g/mol. The van der Waals surface area contributed by atoms with E-state index < -0.39 is 0 Å². The second-order valence-electron chi connectivity index (χ2n) is 8.19. The summed E-state index contributed by atoms with van der Waals surface area (Å²) in [4.78, 5) is 19.5. The Morgan fingerprint density at radius 3 is 2.77 bits per heavy atom. The lowest BCUT2D eigenvalue weighted by Crippen LogP contribution is -2.45. The molecule has 6 nitrogen and oxygen atoms in total. The zero-order chi connectivity index (χ0) is 20.7. The third-order valence-electron chi connectivity index (χ3n) is 6.15. The number of methoxy groups -OCH3 is 1. The first-order valence-electron chi connectivity index (χ1n) is 10.3. The highest BCUT2D eigenvalue weighted by atomic mass is 16.5. The summed E-state index contributed by atoms with van der Waals surface area (Å²) >= 11 is 0. The van der Waals surface area contributed by atoms with Gasteiger partial charge in [-0.05, 0) is 49.7 Å². The number of carbonyl (C=O) groups excluding carboxylic acids is 1. The van der Waals surface area contributed by atoms with Gasteiger partial charge in [-0.25, -0.2) is 4.98 Å². The Labute approximate surface area is 176 Å². The van der Waals surface area contributed by atoms with Gasteiger partial charge in [0.2, 0.25) is 0 Å². The number of hydrogen-bond donors (Lipinski definition) is 0. The molecule has 154 valence electrons. The van der Waals surface area contributed by atoms with Crippen LogP contribution in [0, 0.1) is 6.92 Å². The molecule has 1 saturated heterocycles. The minimum atomic E-state index is -0.367. The van der Waals surface area contributed by atoms with Crippen LogP contribution in [0.1, 0.15) is 28.2 Å². The Morgan fingerprint density at radius 2 is 2.00 bits per heavy atom. The number of nitrogens with zero attached hydrogens (tertiary/aromatic N) is 3. The molecule has 2 aromatic carbocycles. The number of hydrogen-bond acceptors (Lipinski definition) is 4. The Balaban J connectivity index is 1.38. The van der Waals surface area contributed by atoms with Crippen molar-refractivity contribution >= 4 is 5.91 Å². The highest BCUT2D eigenvalue weighted by Crippen LogP contribution is 2.36. The minimum Gasteiger partial charge on any atom is -0.497 e.